The normalized spacial score (nSPS) is 16.9. The molecule has 2 aliphatic heterocycles. The molecule has 1 fully saturated rings. The van der Waals surface area contributed by atoms with E-state index in [0.29, 0.717) is 5.57 Å². The lowest BCUT2D eigenvalue weighted by Gasteiger charge is -2.10. The molecule has 0 aromatic carbocycles. The van der Waals surface area contributed by atoms with Gasteiger partial charge in [-0.1, -0.05) is 0 Å². The molecule has 2 aliphatic rings. The molecule has 0 spiro atoms. The maximum atomic E-state index is 8.44. The van der Waals surface area contributed by atoms with Gasteiger partial charge in [0.2, 0.25) is 0 Å². The molecule has 1 N–H and O–H groups in total. The maximum Gasteiger partial charge on any atom is 0.137 e. The third-order valence-corrected chi connectivity index (χ3v) is 2.01. The average molecular weight is 231 g/mol. The molecule has 0 aromatic heterocycles. The van der Waals surface area contributed by atoms with Crippen molar-refractivity contribution in [3.05, 3.63) is 35.8 Å². The summed E-state index contributed by atoms with van der Waals surface area (Å²) in [5.41, 5.74) is 0.682. The Kier molecular flexibility index (Phi) is 6.20. The first-order valence-electron chi connectivity index (χ1n) is 5.20. The summed E-state index contributed by atoms with van der Waals surface area (Å²) in [5, 5.41) is 20.0. The van der Waals surface area contributed by atoms with Crippen molar-refractivity contribution < 1.29 is 9.47 Å². The fourth-order valence-electron chi connectivity index (χ4n) is 1.16. The van der Waals surface area contributed by atoms with Crippen LogP contribution in [-0.4, -0.2) is 26.3 Å². The lowest BCUT2D eigenvalue weighted by atomic mass is 10.1. The molecule has 0 radical (unpaired) electrons. The minimum Gasteiger partial charge on any atom is -0.473 e. The number of nitrogens with zero attached hydrogens (tertiary/aromatic N) is 2. The quantitative estimate of drug-likeness (QED) is 0.629. The van der Waals surface area contributed by atoms with Crippen LogP contribution in [-0.2, 0) is 9.47 Å². The van der Waals surface area contributed by atoms with E-state index in [-0.39, 0.29) is 5.57 Å². The van der Waals surface area contributed by atoms with Gasteiger partial charge in [-0.25, -0.2) is 0 Å². The molecule has 17 heavy (non-hydrogen) atoms. The first-order valence-corrected chi connectivity index (χ1v) is 5.20. The van der Waals surface area contributed by atoms with E-state index in [1.54, 1.807) is 24.3 Å². The van der Waals surface area contributed by atoms with Crippen molar-refractivity contribution in [1.29, 1.82) is 10.5 Å². The summed E-state index contributed by atoms with van der Waals surface area (Å²) >= 11 is 0. The molecular weight excluding hydrogens is 218 g/mol. The molecule has 0 aliphatic carbocycles. The molecule has 88 valence electrons. The summed E-state index contributed by atoms with van der Waals surface area (Å²) in [5.74, 6) is 0. The van der Waals surface area contributed by atoms with Crippen LogP contribution < -0.4 is 5.32 Å². The molecule has 2 heterocycles. The second kappa shape index (κ2) is 8.12. The molecule has 0 amide bonds. The van der Waals surface area contributed by atoms with E-state index < -0.39 is 0 Å². The van der Waals surface area contributed by atoms with Crippen molar-refractivity contribution in [2.45, 2.75) is 0 Å². The Morgan fingerprint density at radius 3 is 2.06 bits per heavy atom. The van der Waals surface area contributed by atoms with Crippen molar-refractivity contribution in [3.63, 3.8) is 0 Å². The lowest BCUT2D eigenvalue weighted by molar-refractivity contribution is 0.109. The van der Waals surface area contributed by atoms with Crippen LogP contribution in [0.1, 0.15) is 0 Å². The number of morpholine rings is 1. The van der Waals surface area contributed by atoms with Crippen molar-refractivity contribution >= 4 is 0 Å². The average Bonchev–Trinajstić information content (AvgIpc) is 2.44. The molecule has 0 saturated carbocycles. The van der Waals surface area contributed by atoms with Crippen LogP contribution in [0.4, 0.5) is 0 Å². The van der Waals surface area contributed by atoms with Gasteiger partial charge in [0.25, 0.3) is 0 Å². The Morgan fingerprint density at radius 1 is 1.12 bits per heavy atom. The summed E-state index contributed by atoms with van der Waals surface area (Å²) in [4.78, 5) is 0. The zero-order valence-electron chi connectivity index (χ0n) is 9.35. The van der Waals surface area contributed by atoms with E-state index in [4.69, 9.17) is 20.0 Å². The highest BCUT2D eigenvalue weighted by Crippen LogP contribution is 2.10. The standard InChI is InChI=1S/C8H4N2O.C4H9NO/c9-5-8(6-10)7-1-3-11-4-2-7;1-3-6-4-2-5-1/h1-4H;5H,1-4H2. The van der Waals surface area contributed by atoms with Gasteiger partial charge in [0.1, 0.15) is 17.7 Å². The van der Waals surface area contributed by atoms with Gasteiger partial charge in [-0.15, -0.1) is 0 Å². The maximum absolute atomic E-state index is 8.44. The van der Waals surface area contributed by atoms with Gasteiger partial charge in [0.15, 0.2) is 0 Å². The molecule has 0 unspecified atom stereocenters. The van der Waals surface area contributed by atoms with Crippen LogP contribution in [0.5, 0.6) is 0 Å². The van der Waals surface area contributed by atoms with Crippen LogP contribution in [0, 0.1) is 22.7 Å². The molecule has 2 rings (SSSR count). The van der Waals surface area contributed by atoms with Gasteiger partial charge in [-0.05, 0) is 12.2 Å². The number of ether oxygens (including phenoxy) is 2. The van der Waals surface area contributed by atoms with Crippen molar-refractivity contribution in [1.82, 2.24) is 5.32 Å². The van der Waals surface area contributed by atoms with Gasteiger partial charge in [-0.2, -0.15) is 10.5 Å². The molecule has 5 heteroatoms. The summed E-state index contributed by atoms with van der Waals surface area (Å²) in [6, 6.07) is 3.56. The summed E-state index contributed by atoms with van der Waals surface area (Å²) in [6.07, 6.45) is 5.98. The molecule has 0 bridgehead atoms. The minimum absolute atomic E-state index is 0.0980. The first-order chi connectivity index (χ1) is 8.38. The SMILES string of the molecule is C1COCCN1.N#CC(C#N)=C1C=COC=C1. The Morgan fingerprint density at radius 2 is 1.71 bits per heavy atom. The molecule has 1 saturated heterocycles. The Balaban J connectivity index is 0.000000202. The zero-order chi connectivity index (χ0) is 12.3. The number of rotatable bonds is 0. The van der Waals surface area contributed by atoms with E-state index >= 15 is 0 Å². The monoisotopic (exact) mass is 231 g/mol. The smallest absolute Gasteiger partial charge is 0.137 e. The topological polar surface area (TPSA) is 78.1 Å². The largest absolute Gasteiger partial charge is 0.473 e. The second-order valence-electron chi connectivity index (χ2n) is 3.16. The summed E-state index contributed by atoms with van der Waals surface area (Å²) in [6.45, 7) is 3.83. The van der Waals surface area contributed by atoms with Gasteiger partial charge < -0.3 is 14.8 Å². The summed E-state index contributed by atoms with van der Waals surface area (Å²) < 4.78 is 9.73. The third kappa shape index (κ3) is 4.98. The van der Waals surface area contributed by atoms with Gasteiger partial charge in [0.05, 0.1) is 25.7 Å². The lowest BCUT2D eigenvalue weighted by Crippen LogP contribution is -2.30. The Hall–Kier alpha value is -2.08. The van der Waals surface area contributed by atoms with Crippen molar-refractivity contribution in [3.8, 4) is 12.1 Å². The van der Waals surface area contributed by atoms with Crippen LogP contribution in [0.25, 0.3) is 0 Å². The summed E-state index contributed by atoms with van der Waals surface area (Å²) in [7, 11) is 0. The predicted octanol–water partition coefficient (Wildman–Crippen LogP) is 0.994. The number of hydrogen-bond acceptors (Lipinski definition) is 5. The van der Waals surface area contributed by atoms with Crippen LogP contribution in [0.15, 0.2) is 35.8 Å². The molecule has 5 nitrogen and oxygen atoms in total. The van der Waals surface area contributed by atoms with Crippen molar-refractivity contribution in [2.75, 3.05) is 26.3 Å². The van der Waals surface area contributed by atoms with E-state index in [9.17, 15) is 0 Å². The van der Waals surface area contributed by atoms with Crippen LogP contribution in [0.2, 0.25) is 0 Å². The highest BCUT2D eigenvalue weighted by Gasteiger charge is 2.00. The highest BCUT2D eigenvalue weighted by molar-refractivity contribution is 5.49. The molecule has 0 atom stereocenters. The van der Waals surface area contributed by atoms with Gasteiger partial charge in [0, 0.05) is 18.7 Å². The van der Waals surface area contributed by atoms with Gasteiger partial charge in [-0.3, -0.25) is 0 Å². The predicted molar refractivity (Wildman–Crippen MR) is 61.3 cm³/mol. The molecular formula is C12H13N3O2. The Bertz CT molecular complexity index is 365. The number of allylic oxidation sites excluding steroid dienone is 4. The van der Waals surface area contributed by atoms with Crippen LogP contribution in [0.3, 0.4) is 0 Å². The molecule has 0 aromatic rings. The zero-order valence-corrected chi connectivity index (χ0v) is 9.35. The van der Waals surface area contributed by atoms with Gasteiger partial charge >= 0.3 is 0 Å². The third-order valence-electron chi connectivity index (χ3n) is 2.01. The van der Waals surface area contributed by atoms with E-state index in [0.717, 1.165) is 26.3 Å². The number of hydrogen-bond donors (Lipinski definition) is 1. The fourth-order valence-corrected chi connectivity index (χ4v) is 1.16. The number of nitriles is 2. The van der Waals surface area contributed by atoms with Crippen LogP contribution >= 0.6 is 0 Å². The fraction of sp³-hybridized carbons (Fsp3) is 0.333. The first kappa shape index (κ1) is 13.0. The van der Waals surface area contributed by atoms with E-state index in [2.05, 4.69) is 5.32 Å². The highest BCUT2D eigenvalue weighted by atomic mass is 16.5. The Labute approximate surface area is 100 Å². The van der Waals surface area contributed by atoms with E-state index in [1.807, 2.05) is 0 Å². The number of nitrogens with one attached hydrogen (secondary N) is 1. The van der Waals surface area contributed by atoms with E-state index in [1.165, 1.54) is 12.5 Å². The second-order valence-corrected chi connectivity index (χ2v) is 3.16. The van der Waals surface area contributed by atoms with Crippen molar-refractivity contribution in [2.24, 2.45) is 0 Å². The minimum atomic E-state index is 0.0980.